The summed E-state index contributed by atoms with van der Waals surface area (Å²) in [7, 11) is 0. The Balaban J connectivity index is 1.60. The monoisotopic (exact) mass is 537 g/mol. The van der Waals surface area contributed by atoms with Gasteiger partial charge in [-0.2, -0.15) is 0 Å². The molecular weight excluding hydrogens is 512 g/mol. The van der Waals surface area contributed by atoms with Gasteiger partial charge in [-0.05, 0) is 54.3 Å². The molecule has 8 heteroatoms. The number of amides is 2. The summed E-state index contributed by atoms with van der Waals surface area (Å²) in [4.78, 5) is 28.2. The van der Waals surface area contributed by atoms with E-state index in [1.807, 2.05) is 24.3 Å². The zero-order valence-electron chi connectivity index (χ0n) is 20.0. The molecular formula is C29H26Cl2FN3O2. The summed E-state index contributed by atoms with van der Waals surface area (Å²) in [5.41, 5.74) is 0.204. The minimum Gasteiger partial charge on any atom is -0.325 e. The van der Waals surface area contributed by atoms with Gasteiger partial charge in [0.1, 0.15) is 11.2 Å². The third kappa shape index (κ3) is 3.61. The number of benzene rings is 3. The lowest BCUT2D eigenvalue weighted by Crippen LogP contribution is -2.60. The fourth-order valence-corrected chi connectivity index (χ4v) is 7.31. The van der Waals surface area contributed by atoms with E-state index in [1.54, 1.807) is 36.4 Å². The number of hydrogen-bond donors (Lipinski definition) is 3. The van der Waals surface area contributed by atoms with Crippen LogP contribution in [0.1, 0.15) is 49.1 Å². The van der Waals surface area contributed by atoms with Crippen LogP contribution in [0.15, 0.2) is 66.7 Å². The molecule has 5 nitrogen and oxygen atoms in total. The van der Waals surface area contributed by atoms with Gasteiger partial charge in [0.05, 0.1) is 11.1 Å². The summed E-state index contributed by atoms with van der Waals surface area (Å²) in [5.74, 6) is -2.04. The highest BCUT2D eigenvalue weighted by atomic mass is 35.5. The van der Waals surface area contributed by atoms with Gasteiger partial charge in [-0.25, -0.2) is 4.39 Å². The molecule has 1 saturated heterocycles. The van der Waals surface area contributed by atoms with Gasteiger partial charge in [-0.1, -0.05) is 78.9 Å². The summed E-state index contributed by atoms with van der Waals surface area (Å²) < 4.78 is 15.8. The molecule has 2 amide bonds. The van der Waals surface area contributed by atoms with Gasteiger partial charge >= 0.3 is 0 Å². The Labute approximate surface area is 224 Å². The van der Waals surface area contributed by atoms with Crippen LogP contribution >= 0.6 is 23.2 Å². The van der Waals surface area contributed by atoms with Crippen LogP contribution in [0.25, 0.3) is 0 Å². The first-order valence-corrected chi connectivity index (χ1v) is 13.3. The smallest absolute Gasteiger partial charge is 0.242 e. The maximum absolute atomic E-state index is 15.8. The Morgan fingerprint density at radius 3 is 2.49 bits per heavy atom. The topological polar surface area (TPSA) is 70.2 Å². The highest BCUT2D eigenvalue weighted by Gasteiger charge is 2.72. The van der Waals surface area contributed by atoms with Gasteiger partial charge in [-0.15, -0.1) is 0 Å². The van der Waals surface area contributed by atoms with E-state index >= 15 is 4.39 Å². The number of para-hydroxylation sites is 1. The summed E-state index contributed by atoms with van der Waals surface area (Å²) in [5, 5.41) is 10.1. The zero-order valence-corrected chi connectivity index (χ0v) is 21.5. The van der Waals surface area contributed by atoms with Gasteiger partial charge < -0.3 is 10.6 Å². The number of fused-ring (bicyclic) bond motifs is 3. The molecule has 0 radical (unpaired) electrons. The maximum atomic E-state index is 15.8. The minimum absolute atomic E-state index is 0.0470. The fourth-order valence-electron chi connectivity index (χ4n) is 6.96. The predicted molar refractivity (Wildman–Crippen MR) is 144 cm³/mol. The first-order valence-electron chi connectivity index (χ1n) is 12.6. The fraction of sp³-hybridized carbons (Fsp3) is 0.310. The normalized spacial score (nSPS) is 25.8. The summed E-state index contributed by atoms with van der Waals surface area (Å²) in [6.45, 7) is 0. The van der Waals surface area contributed by atoms with Crippen molar-refractivity contribution < 1.29 is 14.0 Å². The van der Waals surface area contributed by atoms with Crippen LogP contribution in [0.5, 0.6) is 0 Å². The molecule has 3 atom stereocenters. The third-order valence-electron chi connectivity index (χ3n) is 8.35. The summed E-state index contributed by atoms with van der Waals surface area (Å²) in [6.07, 6.45) is 4.17. The molecule has 0 aromatic heterocycles. The van der Waals surface area contributed by atoms with E-state index in [4.69, 9.17) is 23.2 Å². The van der Waals surface area contributed by atoms with Gasteiger partial charge in [0, 0.05) is 27.9 Å². The van der Waals surface area contributed by atoms with Gasteiger partial charge in [0.25, 0.3) is 0 Å². The first kappa shape index (κ1) is 24.4. The predicted octanol–water partition coefficient (Wildman–Crippen LogP) is 6.42. The van der Waals surface area contributed by atoms with Crippen molar-refractivity contribution >= 4 is 46.4 Å². The quantitative estimate of drug-likeness (QED) is 0.361. The molecule has 0 unspecified atom stereocenters. The van der Waals surface area contributed by atoms with Crippen LogP contribution < -0.4 is 16.0 Å². The van der Waals surface area contributed by atoms with Crippen molar-refractivity contribution in [3.05, 3.63) is 93.7 Å². The van der Waals surface area contributed by atoms with Crippen LogP contribution in [-0.2, 0) is 15.0 Å². The number of rotatable bonds is 3. The van der Waals surface area contributed by atoms with E-state index in [2.05, 4.69) is 16.0 Å². The molecule has 2 aliphatic heterocycles. The molecule has 190 valence electrons. The van der Waals surface area contributed by atoms with Crippen molar-refractivity contribution in [1.82, 2.24) is 5.32 Å². The molecule has 2 heterocycles. The Hall–Kier alpha value is -2.93. The molecule has 0 bridgehead atoms. The molecule has 37 heavy (non-hydrogen) atoms. The van der Waals surface area contributed by atoms with Crippen molar-refractivity contribution in [2.45, 2.75) is 55.0 Å². The minimum atomic E-state index is -1.24. The molecule has 6 rings (SSSR count). The van der Waals surface area contributed by atoms with E-state index in [1.165, 1.54) is 6.07 Å². The molecule has 2 spiro atoms. The van der Waals surface area contributed by atoms with Crippen molar-refractivity contribution in [1.29, 1.82) is 0 Å². The Morgan fingerprint density at radius 2 is 1.73 bits per heavy atom. The summed E-state index contributed by atoms with van der Waals surface area (Å²) in [6, 6.07) is 18.4. The number of hydrogen-bond acceptors (Lipinski definition) is 3. The van der Waals surface area contributed by atoms with E-state index < -0.39 is 28.7 Å². The number of nitrogens with one attached hydrogen (secondary N) is 3. The van der Waals surface area contributed by atoms with E-state index in [0.717, 1.165) is 24.8 Å². The highest BCUT2D eigenvalue weighted by molar-refractivity contribution is 6.31. The van der Waals surface area contributed by atoms with Gasteiger partial charge in [0.15, 0.2) is 0 Å². The second-order valence-corrected chi connectivity index (χ2v) is 11.0. The average molecular weight is 538 g/mol. The Kier molecular flexibility index (Phi) is 6.02. The Bertz CT molecular complexity index is 1390. The first-order chi connectivity index (χ1) is 17.9. The average Bonchev–Trinajstić information content (AvgIpc) is 3.34. The summed E-state index contributed by atoms with van der Waals surface area (Å²) >= 11 is 12.6. The van der Waals surface area contributed by atoms with Crippen LogP contribution in [-0.4, -0.2) is 23.4 Å². The number of carbonyl (C=O) groups excluding carboxylic acids is 2. The lowest BCUT2D eigenvalue weighted by atomic mass is 9.55. The van der Waals surface area contributed by atoms with E-state index in [9.17, 15) is 9.59 Å². The maximum Gasteiger partial charge on any atom is 0.242 e. The Morgan fingerprint density at radius 1 is 0.973 bits per heavy atom. The number of halogens is 3. The third-order valence-corrected chi connectivity index (χ3v) is 8.87. The molecule has 1 saturated carbocycles. The van der Waals surface area contributed by atoms with Gasteiger partial charge in [0.2, 0.25) is 11.8 Å². The SMILES string of the molecule is O=C(Nc1ccccc1)[C@@H]1NC2(CCCCC2)[C@@]2(C(=O)Nc3cc(Cl)ccc32)[C@H]1c1cccc(Cl)c1F. The van der Waals surface area contributed by atoms with Crippen LogP contribution in [0.4, 0.5) is 15.8 Å². The van der Waals surface area contributed by atoms with Gasteiger partial charge in [-0.3, -0.25) is 14.9 Å². The molecule has 3 N–H and O–H groups in total. The van der Waals surface area contributed by atoms with Crippen molar-refractivity contribution in [2.24, 2.45) is 0 Å². The highest BCUT2D eigenvalue weighted by Crippen LogP contribution is 2.62. The molecule has 2 fully saturated rings. The van der Waals surface area contributed by atoms with Crippen molar-refractivity contribution in [2.75, 3.05) is 10.6 Å². The molecule has 3 aliphatic rings. The second-order valence-electron chi connectivity index (χ2n) is 10.2. The number of anilines is 2. The molecule has 3 aromatic rings. The van der Waals surface area contributed by atoms with E-state index in [-0.39, 0.29) is 22.4 Å². The van der Waals surface area contributed by atoms with Crippen LogP contribution in [0, 0.1) is 5.82 Å². The zero-order chi connectivity index (χ0) is 25.8. The lowest BCUT2D eigenvalue weighted by Gasteiger charge is -2.47. The molecule has 1 aliphatic carbocycles. The second kappa shape index (κ2) is 9.12. The lowest BCUT2D eigenvalue weighted by molar-refractivity contribution is -0.124. The van der Waals surface area contributed by atoms with Crippen molar-refractivity contribution in [3.63, 3.8) is 0 Å². The standard InChI is InChI=1S/C29H26Cl2FN3O2/c30-17-12-13-20-22(16-17)34-27(37)29(20)23(19-10-7-11-21(31)24(19)32)25(35-28(29)14-5-2-6-15-28)26(36)33-18-8-3-1-4-9-18/h1,3-4,7-13,16,23,25,35H,2,5-6,14-15H2,(H,33,36)(H,34,37)/t23-,25+,29+/m0/s1. The number of carbonyl (C=O) groups is 2. The molecule has 3 aromatic carbocycles. The van der Waals surface area contributed by atoms with Crippen molar-refractivity contribution in [3.8, 4) is 0 Å². The largest absolute Gasteiger partial charge is 0.325 e. The van der Waals surface area contributed by atoms with E-state index in [0.29, 0.717) is 29.2 Å². The van der Waals surface area contributed by atoms with Crippen LogP contribution in [0.3, 0.4) is 0 Å². The van der Waals surface area contributed by atoms with Crippen LogP contribution in [0.2, 0.25) is 10.0 Å².